The van der Waals surface area contributed by atoms with Gasteiger partial charge >= 0.3 is 0 Å². The van der Waals surface area contributed by atoms with Gasteiger partial charge in [0.05, 0.1) is 6.10 Å². The van der Waals surface area contributed by atoms with Gasteiger partial charge in [-0.1, -0.05) is 19.3 Å². The van der Waals surface area contributed by atoms with Gasteiger partial charge in [0.15, 0.2) is 0 Å². The number of hydrogen-bond donors (Lipinski definition) is 1. The summed E-state index contributed by atoms with van der Waals surface area (Å²) >= 11 is 0. The van der Waals surface area contributed by atoms with E-state index >= 15 is 0 Å². The molecule has 0 radical (unpaired) electrons. The Morgan fingerprint density at radius 1 is 1.20 bits per heavy atom. The van der Waals surface area contributed by atoms with Crippen molar-refractivity contribution in [2.75, 3.05) is 26.7 Å². The van der Waals surface area contributed by atoms with E-state index in [2.05, 4.69) is 16.7 Å². The molecule has 0 spiro atoms. The molecule has 2 rings (SSSR count). The van der Waals surface area contributed by atoms with Gasteiger partial charge in [0.1, 0.15) is 5.25 Å². The van der Waals surface area contributed by atoms with Gasteiger partial charge in [0.25, 0.3) is 0 Å². The molecule has 118 valence electrons. The normalized spacial score (nSPS) is 29.1. The fourth-order valence-corrected chi connectivity index (χ4v) is 4.87. The van der Waals surface area contributed by atoms with Crippen molar-refractivity contribution in [3.63, 3.8) is 0 Å². The van der Waals surface area contributed by atoms with E-state index in [4.69, 9.17) is 4.74 Å². The largest absolute Gasteiger partial charge is 0.377 e. The SMILES string of the molecule is C[C@@H]1OCC[C@@H]1S(=O)(=O)NCCN(C)C1CCCCC1. The smallest absolute Gasteiger partial charge is 0.217 e. The number of likely N-dealkylation sites (N-methyl/N-ethyl adjacent to an activating group) is 1. The van der Waals surface area contributed by atoms with E-state index in [-0.39, 0.29) is 11.4 Å². The minimum atomic E-state index is -3.24. The predicted octanol–water partition coefficient (Wildman–Crippen LogP) is 1.35. The molecule has 0 amide bonds. The Kier molecular flexibility index (Phi) is 5.84. The van der Waals surface area contributed by atoms with E-state index in [9.17, 15) is 8.42 Å². The van der Waals surface area contributed by atoms with Gasteiger partial charge in [-0.05, 0) is 33.2 Å². The van der Waals surface area contributed by atoms with Crippen LogP contribution in [0.2, 0.25) is 0 Å². The van der Waals surface area contributed by atoms with Gasteiger partial charge < -0.3 is 9.64 Å². The minimum absolute atomic E-state index is 0.191. The third-order valence-electron chi connectivity index (χ3n) is 4.67. The number of nitrogens with zero attached hydrogens (tertiary/aromatic N) is 1. The second-order valence-electron chi connectivity index (χ2n) is 6.11. The molecule has 20 heavy (non-hydrogen) atoms. The predicted molar refractivity (Wildman–Crippen MR) is 80.2 cm³/mol. The molecule has 1 saturated heterocycles. The maximum Gasteiger partial charge on any atom is 0.217 e. The van der Waals surface area contributed by atoms with E-state index in [1.807, 2.05) is 6.92 Å². The number of sulfonamides is 1. The van der Waals surface area contributed by atoms with E-state index in [1.165, 1.54) is 32.1 Å². The molecule has 0 aromatic carbocycles. The molecule has 1 N–H and O–H groups in total. The molecule has 1 saturated carbocycles. The lowest BCUT2D eigenvalue weighted by Gasteiger charge is -2.31. The van der Waals surface area contributed by atoms with Crippen molar-refractivity contribution in [2.24, 2.45) is 0 Å². The molecular formula is C14H28N2O3S. The minimum Gasteiger partial charge on any atom is -0.377 e. The van der Waals surface area contributed by atoms with Crippen LogP contribution in [0.15, 0.2) is 0 Å². The number of nitrogens with one attached hydrogen (secondary N) is 1. The Balaban J connectivity index is 1.74. The van der Waals surface area contributed by atoms with Gasteiger partial charge in [-0.15, -0.1) is 0 Å². The van der Waals surface area contributed by atoms with Crippen molar-refractivity contribution in [3.8, 4) is 0 Å². The molecule has 6 heteroatoms. The molecule has 0 unspecified atom stereocenters. The number of hydrogen-bond acceptors (Lipinski definition) is 4. The lowest BCUT2D eigenvalue weighted by atomic mass is 9.94. The van der Waals surface area contributed by atoms with Gasteiger partial charge in [-0.25, -0.2) is 13.1 Å². The molecule has 0 aromatic heterocycles. The first-order chi connectivity index (χ1) is 9.50. The first kappa shape index (κ1) is 16.2. The molecule has 2 aliphatic rings. The lowest BCUT2D eigenvalue weighted by Crippen LogP contribution is -2.43. The Morgan fingerprint density at radius 2 is 1.90 bits per heavy atom. The van der Waals surface area contributed by atoms with E-state index in [1.54, 1.807) is 0 Å². The Labute approximate surface area is 123 Å². The van der Waals surface area contributed by atoms with Crippen molar-refractivity contribution in [1.82, 2.24) is 9.62 Å². The monoisotopic (exact) mass is 304 g/mol. The summed E-state index contributed by atoms with van der Waals surface area (Å²) in [4.78, 5) is 2.30. The third-order valence-corrected chi connectivity index (χ3v) is 6.69. The van der Waals surface area contributed by atoms with Crippen molar-refractivity contribution >= 4 is 10.0 Å². The van der Waals surface area contributed by atoms with E-state index in [0.717, 1.165) is 6.54 Å². The van der Waals surface area contributed by atoms with Crippen LogP contribution in [0, 0.1) is 0 Å². The molecule has 1 heterocycles. The van der Waals surface area contributed by atoms with Gasteiger partial charge in [0.2, 0.25) is 10.0 Å². The molecule has 5 nitrogen and oxygen atoms in total. The standard InChI is InChI=1S/C14H28N2O3S/c1-12-14(8-11-19-12)20(17,18)15-9-10-16(2)13-6-4-3-5-7-13/h12-15H,3-11H2,1-2H3/t12-,14-/m0/s1. The highest BCUT2D eigenvalue weighted by molar-refractivity contribution is 7.90. The summed E-state index contributed by atoms with van der Waals surface area (Å²) < 4.78 is 32.5. The van der Waals surface area contributed by atoms with Gasteiger partial charge in [-0.3, -0.25) is 0 Å². The number of rotatable bonds is 6. The first-order valence-corrected chi connectivity index (χ1v) is 9.35. The van der Waals surface area contributed by atoms with Crippen molar-refractivity contribution < 1.29 is 13.2 Å². The quantitative estimate of drug-likeness (QED) is 0.805. The van der Waals surface area contributed by atoms with E-state index in [0.29, 0.717) is 25.6 Å². The average Bonchev–Trinajstić information content (AvgIpc) is 2.86. The Bertz CT molecular complexity index is 393. The second-order valence-corrected chi connectivity index (χ2v) is 8.10. The molecule has 1 aliphatic carbocycles. The summed E-state index contributed by atoms with van der Waals surface area (Å²) in [6, 6.07) is 0.627. The highest BCUT2D eigenvalue weighted by Crippen LogP contribution is 2.22. The molecule has 1 aliphatic heterocycles. The summed E-state index contributed by atoms with van der Waals surface area (Å²) in [5.74, 6) is 0. The van der Waals surface area contributed by atoms with Crippen LogP contribution in [0.1, 0.15) is 45.4 Å². The third kappa shape index (κ3) is 4.16. The topological polar surface area (TPSA) is 58.6 Å². The first-order valence-electron chi connectivity index (χ1n) is 7.81. The summed E-state index contributed by atoms with van der Waals surface area (Å²) in [6.07, 6.45) is 6.86. The van der Waals surface area contributed by atoms with Crippen LogP contribution in [0.5, 0.6) is 0 Å². The zero-order valence-corrected chi connectivity index (χ0v) is 13.5. The van der Waals surface area contributed by atoms with Crippen molar-refractivity contribution in [3.05, 3.63) is 0 Å². The maximum absolute atomic E-state index is 12.2. The van der Waals surface area contributed by atoms with Crippen LogP contribution in [-0.4, -0.2) is 57.5 Å². The molecular weight excluding hydrogens is 276 g/mol. The highest BCUT2D eigenvalue weighted by Gasteiger charge is 2.35. The summed E-state index contributed by atoms with van der Waals surface area (Å²) in [6.45, 7) is 3.67. The Morgan fingerprint density at radius 3 is 2.50 bits per heavy atom. The summed E-state index contributed by atoms with van der Waals surface area (Å²) in [5.41, 5.74) is 0. The van der Waals surface area contributed by atoms with Crippen molar-refractivity contribution in [1.29, 1.82) is 0 Å². The zero-order chi connectivity index (χ0) is 14.6. The highest BCUT2D eigenvalue weighted by atomic mass is 32.2. The maximum atomic E-state index is 12.2. The molecule has 2 fully saturated rings. The lowest BCUT2D eigenvalue weighted by molar-refractivity contribution is 0.126. The zero-order valence-electron chi connectivity index (χ0n) is 12.7. The molecule has 0 aromatic rings. The molecule has 2 atom stereocenters. The number of ether oxygens (including phenoxy) is 1. The van der Waals surface area contributed by atoms with Crippen LogP contribution in [0.3, 0.4) is 0 Å². The fraction of sp³-hybridized carbons (Fsp3) is 1.00. The van der Waals surface area contributed by atoms with Crippen LogP contribution in [-0.2, 0) is 14.8 Å². The Hall–Kier alpha value is -0.170. The van der Waals surface area contributed by atoms with Crippen LogP contribution in [0.25, 0.3) is 0 Å². The summed E-state index contributed by atoms with van der Waals surface area (Å²) in [7, 11) is -1.13. The van der Waals surface area contributed by atoms with E-state index < -0.39 is 10.0 Å². The summed E-state index contributed by atoms with van der Waals surface area (Å²) in [5, 5.41) is -0.387. The average molecular weight is 304 g/mol. The molecule has 0 bridgehead atoms. The second kappa shape index (κ2) is 7.20. The van der Waals surface area contributed by atoms with Gasteiger partial charge in [0, 0.05) is 25.7 Å². The van der Waals surface area contributed by atoms with Crippen molar-refractivity contribution in [2.45, 2.75) is 62.8 Å². The van der Waals surface area contributed by atoms with Gasteiger partial charge in [-0.2, -0.15) is 0 Å². The fourth-order valence-electron chi connectivity index (χ4n) is 3.30. The van der Waals surface area contributed by atoms with Crippen LogP contribution in [0.4, 0.5) is 0 Å². The van der Waals surface area contributed by atoms with Crippen LogP contribution >= 0.6 is 0 Å². The van der Waals surface area contributed by atoms with Crippen LogP contribution < -0.4 is 4.72 Å².